The Kier molecular flexibility index (Phi) is 4.72. The van der Waals surface area contributed by atoms with Crippen molar-refractivity contribution in [3.8, 4) is 23.5 Å². The molecule has 2 aromatic heterocycles. The number of esters is 1. The summed E-state index contributed by atoms with van der Waals surface area (Å²) >= 11 is 0. The first-order valence-corrected chi connectivity index (χ1v) is 7.46. The van der Waals surface area contributed by atoms with Crippen LogP contribution in [0.5, 0.6) is 11.6 Å². The molecule has 0 saturated carbocycles. The van der Waals surface area contributed by atoms with Crippen molar-refractivity contribution in [2.45, 2.75) is 13.5 Å². The summed E-state index contributed by atoms with van der Waals surface area (Å²) in [5, 5.41) is 13.2. The van der Waals surface area contributed by atoms with Gasteiger partial charge >= 0.3 is 5.97 Å². The van der Waals surface area contributed by atoms with Gasteiger partial charge in [0.15, 0.2) is 5.82 Å². The van der Waals surface area contributed by atoms with Gasteiger partial charge in [-0.25, -0.2) is 4.98 Å². The van der Waals surface area contributed by atoms with Crippen molar-refractivity contribution >= 4 is 5.97 Å². The van der Waals surface area contributed by atoms with E-state index < -0.39 is 0 Å². The fourth-order valence-corrected chi connectivity index (χ4v) is 2.20. The fourth-order valence-electron chi connectivity index (χ4n) is 2.20. The van der Waals surface area contributed by atoms with E-state index in [1.165, 1.54) is 11.6 Å². The summed E-state index contributed by atoms with van der Waals surface area (Å²) in [6.07, 6.45) is 3.13. The fraction of sp³-hybridized carbons (Fsp3) is 0.111. The van der Waals surface area contributed by atoms with Crippen LogP contribution in [0.25, 0.3) is 5.82 Å². The van der Waals surface area contributed by atoms with E-state index >= 15 is 0 Å². The maximum absolute atomic E-state index is 11.0. The molecule has 0 saturated heterocycles. The molecule has 7 heteroatoms. The second-order valence-electron chi connectivity index (χ2n) is 5.13. The zero-order valence-electron chi connectivity index (χ0n) is 13.4. The number of carbonyl (C=O) groups excluding carboxylic acids is 1. The Morgan fingerprint density at radius 3 is 2.92 bits per heavy atom. The molecule has 7 nitrogen and oxygen atoms in total. The standard InChI is InChI=1S/C18H14N4O3/c1-13(23)25-16-4-2-3-15(9-16)12-24-18-6-8-21-22(18)17-10-14(11-19)5-7-20-17/h2-10H,12H2,1H3. The van der Waals surface area contributed by atoms with Crippen molar-refractivity contribution in [3.63, 3.8) is 0 Å². The lowest BCUT2D eigenvalue weighted by molar-refractivity contribution is -0.131. The molecule has 0 spiro atoms. The Hall–Kier alpha value is -3.66. The van der Waals surface area contributed by atoms with E-state index in [0.717, 1.165) is 5.56 Å². The normalized spacial score (nSPS) is 10.1. The number of aromatic nitrogens is 3. The van der Waals surface area contributed by atoms with Crippen molar-refractivity contribution in [2.75, 3.05) is 0 Å². The molecule has 0 atom stereocenters. The smallest absolute Gasteiger partial charge is 0.308 e. The third kappa shape index (κ3) is 4.00. The molecule has 0 unspecified atom stereocenters. The molecule has 0 bridgehead atoms. The first-order valence-electron chi connectivity index (χ1n) is 7.46. The molecule has 124 valence electrons. The number of ether oxygens (including phenoxy) is 2. The average molecular weight is 334 g/mol. The molecule has 0 fully saturated rings. The van der Waals surface area contributed by atoms with Crippen molar-refractivity contribution in [1.29, 1.82) is 5.26 Å². The average Bonchev–Trinajstić information content (AvgIpc) is 3.08. The molecule has 0 aliphatic heterocycles. The number of pyridine rings is 1. The van der Waals surface area contributed by atoms with Gasteiger partial charge < -0.3 is 9.47 Å². The van der Waals surface area contributed by atoms with Gasteiger partial charge in [0.25, 0.3) is 0 Å². The summed E-state index contributed by atoms with van der Waals surface area (Å²) in [5.74, 6) is 1.07. The summed E-state index contributed by atoms with van der Waals surface area (Å²) in [6.45, 7) is 1.61. The lowest BCUT2D eigenvalue weighted by Gasteiger charge is -2.09. The highest BCUT2D eigenvalue weighted by Crippen LogP contribution is 2.19. The van der Waals surface area contributed by atoms with E-state index in [0.29, 0.717) is 23.0 Å². The van der Waals surface area contributed by atoms with Crippen LogP contribution in [0, 0.1) is 11.3 Å². The number of hydrogen-bond donors (Lipinski definition) is 0. The SMILES string of the molecule is CC(=O)Oc1cccc(COc2ccnn2-c2cc(C#N)ccn2)c1. The minimum Gasteiger partial charge on any atom is -0.473 e. The Bertz CT molecular complexity index is 943. The number of carbonyl (C=O) groups is 1. The predicted octanol–water partition coefficient (Wildman–Crippen LogP) is 2.64. The summed E-state index contributed by atoms with van der Waals surface area (Å²) in [4.78, 5) is 15.2. The van der Waals surface area contributed by atoms with Crippen molar-refractivity contribution in [3.05, 3.63) is 66.0 Å². The van der Waals surface area contributed by atoms with Crippen LogP contribution in [-0.2, 0) is 11.4 Å². The van der Waals surface area contributed by atoms with Crippen LogP contribution in [0.4, 0.5) is 0 Å². The third-order valence-corrected chi connectivity index (χ3v) is 3.25. The van der Waals surface area contributed by atoms with Gasteiger partial charge in [0.2, 0.25) is 5.88 Å². The number of nitrogens with zero attached hydrogens (tertiary/aromatic N) is 4. The van der Waals surface area contributed by atoms with Gasteiger partial charge in [0.1, 0.15) is 12.4 Å². The van der Waals surface area contributed by atoms with Gasteiger partial charge in [0.05, 0.1) is 17.8 Å². The van der Waals surface area contributed by atoms with Crippen LogP contribution in [0.2, 0.25) is 0 Å². The van der Waals surface area contributed by atoms with Crippen LogP contribution in [-0.4, -0.2) is 20.7 Å². The minimum absolute atomic E-state index is 0.263. The van der Waals surface area contributed by atoms with Gasteiger partial charge in [-0.15, -0.1) is 0 Å². The van der Waals surface area contributed by atoms with Gasteiger partial charge in [-0.2, -0.15) is 15.0 Å². The molecule has 0 radical (unpaired) electrons. The topological polar surface area (TPSA) is 90.0 Å². The van der Waals surface area contributed by atoms with Crippen molar-refractivity contribution in [2.24, 2.45) is 0 Å². The van der Waals surface area contributed by atoms with Crippen LogP contribution in [0.15, 0.2) is 54.9 Å². The van der Waals surface area contributed by atoms with Crippen LogP contribution >= 0.6 is 0 Å². The van der Waals surface area contributed by atoms with E-state index in [9.17, 15) is 4.79 Å². The van der Waals surface area contributed by atoms with Crippen LogP contribution in [0.1, 0.15) is 18.1 Å². The molecule has 0 aliphatic carbocycles. The van der Waals surface area contributed by atoms with E-state index in [1.807, 2.05) is 6.07 Å². The third-order valence-electron chi connectivity index (χ3n) is 3.25. The summed E-state index contributed by atoms with van der Waals surface area (Å²) in [6, 6.07) is 14.1. The first-order chi connectivity index (χ1) is 12.2. The second kappa shape index (κ2) is 7.27. The molecule has 0 N–H and O–H groups in total. The quantitative estimate of drug-likeness (QED) is 0.526. The Balaban J connectivity index is 1.76. The van der Waals surface area contributed by atoms with Crippen LogP contribution in [0.3, 0.4) is 0 Å². The minimum atomic E-state index is -0.375. The van der Waals surface area contributed by atoms with E-state index in [2.05, 4.69) is 16.2 Å². The lowest BCUT2D eigenvalue weighted by atomic mass is 10.2. The summed E-state index contributed by atoms with van der Waals surface area (Å²) in [7, 11) is 0. The van der Waals surface area contributed by atoms with Crippen LogP contribution < -0.4 is 9.47 Å². The van der Waals surface area contributed by atoms with Gasteiger partial charge in [-0.05, 0) is 23.8 Å². The lowest BCUT2D eigenvalue weighted by Crippen LogP contribution is -2.06. The Morgan fingerprint density at radius 1 is 1.24 bits per heavy atom. The van der Waals surface area contributed by atoms with E-state index in [4.69, 9.17) is 14.7 Å². The summed E-state index contributed by atoms with van der Waals surface area (Å²) < 4.78 is 12.4. The molecule has 2 heterocycles. The molecule has 3 aromatic rings. The molecular weight excluding hydrogens is 320 g/mol. The highest BCUT2D eigenvalue weighted by Gasteiger charge is 2.09. The number of nitriles is 1. The number of rotatable bonds is 5. The molecule has 0 amide bonds. The van der Waals surface area contributed by atoms with E-state index in [-0.39, 0.29) is 12.6 Å². The Labute approximate surface area is 144 Å². The maximum atomic E-state index is 11.0. The van der Waals surface area contributed by atoms with Crippen molar-refractivity contribution in [1.82, 2.24) is 14.8 Å². The van der Waals surface area contributed by atoms with Crippen molar-refractivity contribution < 1.29 is 14.3 Å². The molecule has 3 rings (SSSR count). The highest BCUT2D eigenvalue weighted by molar-refractivity contribution is 5.69. The number of hydrogen-bond acceptors (Lipinski definition) is 6. The monoisotopic (exact) mass is 334 g/mol. The van der Waals surface area contributed by atoms with Gasteiger partial charge in [-0.3, -0.25) is 4.79 Å². The molecule has 0 aliphatic rings. The second-order valence-corrected chi connectivity index (χ2v) is 5.13. The summed E-state index contributed by atoms with van der Waals surface area (Å²) in [5.41, 5.74) is 1.32. The highest BCUT2D eigenvalue weighted by atomic mass is 16.5. The Morgan fingerprint density at radius 2 is 2.12 bits per heavy atom. The predicted molar refractivity (Wildman–Crippen MR) is 88.2 cm³/mol. The molecular formula is C18H14N4O3. The molecule has 1 aromatic carbocycles. The zero-order chi connectivity index (χ0) is 17.6. The first kappa shape index (κ1) is 16.2. The maximum Gasteiger partial charge on any atom is 0.308 e. The molecule has 25 heavy (non-hydrogen) atoms. The van der Waals surface area contributed by atoms with E-state index in [1.54, 1.807) is 48.8 Å². The van der Waals surface area contributed by atoms with Gasteiger partial charge in [-0.1, -0.05) is 12.1 Å². The van der Waals surface area contributed by atoms with Gasteiger partial charge in [0, 0.05) is 25.3 Å². The number of benzene rings is 1. The zero-order valence-corrected chi connectivity index (χ0v) is 13.4. The largest absolute Gasteiger partial charge is 0.473 e.